The fourth-order valence-corrected chi connectivity index (χ4v) is 4.57. The summed E-state index contributed by atoms with van der Waals surface area (Å²) in [5, 5.41) is 11.2. The highest BCUT2D eigenvalue weighted by atomic mass is 33.1. The second kappa shape index (κ2) is 8.21. The molecule has 1 unspecified atom stereocenters. The molecule has 8 nitrogen and oxygen atoms in total. The van der Waals surface area contributed by atoms with E-state index in [1.54, 1.807) is 0 Å². The van der Waals surface area contributed by atoms with Crippen LogP contribution in [0.5, 0.6) is 0 Å². The lowest BCUT2D eigenvalue weighted by Crippen LogP contribution is -2.43. The Morgan fingerprint density at radius 3 is 2.11 bits per heavy atom. The Balaban J connectivity index is 1.66. The van der Waals surface area contributed by atoms with Gasteiger partial charge >= 0.3 is 21.2 Å². The highest BCUT2D eigenvalue weighted by Crippen LogP contribution is 2.44. The second-order valence-corrected chi connectivity index (χ2v) is 9.47. The van der Waals surface area contributed by atoms with Crippen LogP contribution in [0.2, 0.25) is 0 Å². The topological polar surface area (TPSA) is 130 Å². The molecule has 0 aromatic heterocycles. The van der Waals surface area contributed by atoms with E-state index in [0.29, 0.717) is 0 Å². The molecule has 0 saturated heterocycles. The molecule has 3 rings (SSSR count). The van der Waals surface area contributed by atoms with Gasteiger partial charge in [0.25, 0.3) is 0 Å². The first kappa shape index (κ1) is 20.2. The van der Waals surface area contributed by atoms with Gasteiger partial charge in [-0.25, -0.2) is 9.59 Å². The third-order valence-corrected chi connectivity index (χ3v) is 6.39. The lowest BCUT2D eigenvalue weighted by Gasteiger charge is -2.17. The number of hydrogen-bond acceptors (Lipinski definition) is 6. The van der Waals surface area contributed by atoms with Gasteiger partial charge in [0.05, 0.1) is 0 Å². The summed E-state index contributed by atoms with van der Waals surface area (Å²) >= 11 is 0. The molecule has 1 aliphatic rings. The fourth-order valence-electron chi connectivity index (χ4n) is 3.11. The molecule has 0 aliphatic heterocycles. The Hall–Kier alpha value is -2.56. The van der Waals surface area contributed by atoms with Gasteiger partial charge in [-0.05, 0) is 33.0 Å². The number of ether oxygens (including phenoxy) is 1. The first-order valence-electron chi connectivity index (χ1n) is 8.22. The van der Waals surface area contributed by atoms with E-state index in [4.69, 9.17) is 14.4 Å². The molecule has 28 heavy (non-hydrogen) atoms. The zero-order valence-corrected chi connectivity index (χ0v) is 16.1. The SMILES string of the molecule is O=C(NC(CSS(=O)(=O)O)C(=O)O)OCC1c2ccccc2-c2ccccc21. The van der Waals surface area contributed by atoms with Crippen molar-refractivity contribution < 1.29 is 32.4 Å². The van der Waals surface area contributed by atoms with Gasteiger partial charge in [0, 0.05) is 11.7 Å². The van der Waals surface area contributed by atoms with Crippen molar-refractivity contribution in [3.63, 3.8) is 0 Å². The van der Waals surface area contributed by atoms with Crippen molar-refractivity contribution >= 4 is 32.0 Å². The molecule has 10 heteroatoms. The number of benzene rings is 2. The summed E-state index contributed by atoms with van der Waals surface area (Å²) in [4.78, 5) is 23.2. The Labute approximate surface area is 165 Å². The van der Waals surface area contributed by atoms with Crippen molar-refractivity contribution in [1.29, 1.82) is 0 Å². The summed E-state index contributed by atoms with van der Waals surface area (Å²) in [6.07, 6.45) is -0.981. The lowest BCUT2D eigenvalue weighted by atomic mass is 9.98. The molecular weight excluding hydrogens is 406 g/mol. The van der Waals surface area contributed by atoms with E-state index in [0.717, 1.165) is 22.3 Å². The fraction of sp³-hybridized carbons (Fsp3) is 0.222. The Morgan fingerprint density at radius 2 is 1.61 bits per heavy atom. The maximum atomic E-state index is 12.0. The molecule has 0 fully saturated rings. The third-order valence-electron chi connectivity index (χ3n) is 4.32. The second-order valence-electron chi connectivity index (χ2n) is 6.07. The van der Waals surface area contributed by atoms with E-state index in [9.17, 15) is 18.0 Å². The summed E-state index contributed by atoms with van der Waals surface area (Å²) in [6.45, 7) is -0.00234. The Morgan fingerprint density at radius 1 is 1.07 bits per heavy atom. The summed E-state index contributed by atoms with van der Waals surface area (Å²) in [7, 11) is -4.41. The van der Waals surface area contributed by atoms with Crippen LogP contribution in [-0.4, -0.2) is 48.5 Å². The van der Waals surface area contributed by atoms with Crippen LogP contribution < -0.4 is 5.32 Å². The van der Waals surface area contributed by atoms with Crippen LogP contribution in [0.3, 0.4) is 0 Å². The maximum absolute atomic E-state index is 12.0. The van der Waals surface area contributed by atoms with Crippen molar-refractivity contribution in [3.8, 4) is 11.1 Å². The quantitative estimate of drug-likeness (QED) is 0.457. The monoisotopic (exact) mass is 423 g/mol. The average molecular weight is 423 g/mol. The molecular formula is C18H17NO7S2. The zero-order valence-electron chi connectivity index (χ0n) is 14.4. The molecule has 0 heterocycles. The number of carbonyl (C=O) groups excluding carboxylic acids is 1. The smallest absolute Gasteiger partial charge is 0.407 e. The number of carboxylic acid groups (broad SMARTS) is 1. The molecule has 148 valence electrons. The highest BCUT2D eigenvalue weighted by molar-refractivity contribution is 8.69. The van der Waals surface area contributed by atoms with Crippen molar-refractivity contribution in [2.45, 2.75) is 12.0 Å². The van der Waals surface area contributed by atoms with Crippen LogP contribution in [0.15, 0.2) is 48.5 Å². The van der Waals surface area contributed by atoms with Gasteiger partial charge in [0.2, 0.25) is 0 Å². The van der Waals surface area contributed by atoms with Crippen LogP contribution in [0.4, 0.5) is 4.79 Å². The molecule has 2 aromatic carbocycles. The Kier molecular flexibility index (Phi) is 5.92. The predicted octanol–water partition coefficient (Wildman–Crippen LogP) is 2.51. The predicted molar refractivity (Wildman–Crippen MR) is 104 cm³/mol. The minimum absolute atomic E-state index is 0.00234. The van der Waals surface area contributed by atoms with E-state index >= 15 is 0 Å². The van der Waals surface area contributed by atoms with Crippen molar-refractivity contribution in [1.82, 2.24) is 5.32 Å². The number of amides is 1. The summed E-state index contributed by atoms with van der Waals surface area (Å²) in [5.74, 6) is -2.18. The lowest BCUT2D eigenvalue weighted by molar-refractivity contribution is -0.138. The molecule has 0 bridgehead atoms. The molecule has 3 N–H and O–H groups in total. The molecule has 1 atom stereocenters. The van der Waals surface area contributed by atoms with E-state index < -0.39 is 33.0 Å². The first-order valence-corrected chi connectivity index (χ1v) is 11.2. The van der Waals surface area contributed by atoms with Gasteiger partial charge < -0.3 is 15.2 Å². The van der Waals surface area contributed by atoms with Crippen molar-refractivity contribution in [3.05, 3.63) is 59.7 Å². The summed E-state index contributed by atoms with van der Waals surface area (Å²) in [6, 6.07) is 14.0. The molecule has 1 aliphatic carbocycles. The number of aliphatic carboxylic acids is 1. The molecule has 0 spiro atoms. The van der Waals surface area contributed by atoms with Crippen LogP contribution in [0.25, 0.3) is 11.1 Å². The van der Waals surface area contributed by atoms with Crippen LogP contribution in [0.1, 0.15) is 17.0 Å². The van der Waals surface area contributed by atoms with Crippen LogP contribution in [-0.2, 0) is 18.7 Å². The number of carboxylic acids is 1. The van der Waals surface area contributed by atoms with Gasteiger partial charge in [-0.15, -0.1) is 0 Å². The van der Waals surface area contributed by atoms with Gasteiger partial charge in [-0.1, -0.05) is 48.5 Å². The third kappa shape index (κ3) is 4.64. The minimum Gasteiger partial charge on any atom is -0.480 e. The first-order chi connectivity index (χ1) is 13.3. The van der Waals surface area contributed by atoms with Gasteiger partial charge in [-0.2, -0.15) is 8.42 Å². The number of alkyl carbamates (subject to hydrolysis) is 1. The Bertz CT molecular complexity index is 961. The number of fused-ring (bicyclic) bond motifs is 3. The maximum Gasteiger partial charge on any atom is 0.407 e. The normalized spacial score (nSPS) is 14.0. The molecule has 0 saturated carbocycles. The van der Waals surface area contributed by atoms with Crippen molar-refractivity contribution in [2.75, 3.05) is 12.4 Å². The number of rotatable bonds is 7. The van der Waals surface area contributed by atoms with Gasteiger partial charge in [0.1, 0.15) is 12.6 Å². The summed E-state index contributed by atoms with van der Waals surface area (Å²) in [5.41, 5.74) is 4.13. The average Bonchev–Trinajstić information content (AvgIpc) is 2.96. The van der Waals surface area contributed by atoms with E-state index in [1.165, 1.54) is 0 Å². The number of carbonyl (C=O) groups is 2. The molecule has 0 radical (unpaired) electrons. The largest absolute Gasteiger partial charge is 0.480 e. The summed E-state index contributed by atoms with van der Waals surface area (Å²) < 4.78 is 35.4. The van der Waals surface area contributed by atoms with E-state index in [-0.39, 0.29) is 23.3 Å². The highest BCUT2D eigenvalue weighted by Gasteiger charge is 2.30. The van der Waals surface area contributed by atoms with Crippen LogP contribution in [0, 0.1) is 0 Å². The standard InChI is InChI=1S/C18H17NO7S2/c20-17(21)16(10-27-28(23,24)25)19-18(22)26-9-15-13-7-3-1-5-11(13)12-6-2-4-8-14(12)15/h1-8,15-16H,9-10H2,(H,19,22)(H,20,21)(H,23,24,25). The number of hydrogen-bond donors (Lipinski definition) is 3. The van der Waals surface area contributed by atoms with Crippen molar-refractivity contribution in [2.24, 2.45) is 0 Å². The van der Waals surface area contributed by atoms with E-state index in [1.807, 2.05) is 48.5 Å². The van der Waals surface area contributed by atoms with Gasteiger partial charge in [0.15, 0.2) is 0 Å². The van der Waals surface area contributed by atoms with Crippen LogP contribution >= 0.6 is 10.8 Å². The molecule has 2 aromatic rings. The van der Waals surface area contributed by atoms with E-state index in [2.05, 4.69) is 5.32 Å². The number of nitrogens with one attached hydrogen (secondary N) is 1. The minimum atomic E-state index is -4.42. The zero-order chi connectivity index (χ0) is 20.3. The van der Waals surface area contributed by atoms with Gasteiger partial charge in [-0.3, -0.25) is 4.55 Å². The molecule has 1 amide bonds.